The molecular weight excluding hydrogens is 406 g/mol. The van der Waals surface area contributed by atoms with Crippen LogP contribution in [0.1, 0.15) is 44.0 Å². The second-order valence-corrected chi connectivity index (χ2v) is 9.38. The van der Waals surface area contributed by atoms with Gasteiger partial charge in [-0.3, -0.25) is 19.6 Å². The SMILES string of the molecule is CN=C(NCC1CCN(Cc2nc(C)c(C)o2)CC1)N1CCN(CC(=O)NC(C)C)CC1. The standard InChI is InChI=1S/C23H41N7O2/c1-17(2)26-21(31)15-29-10-12-30(13-11-29)23(24-5)25-14-20-6-8-28(9-7-20)16-22-27-18(3)19(4)32-22/h17,20H,6-16H2,1-5H3,(H,24,25)(H,26,31). The van der Waals surface area contributed by atoms with Crippen LogP contribution in [0, 0.1) is 19.8 Å². The molecular formula is C23H41N7O2. The van der Waals surface area contributed by atoms with Gasteiger partial charge in [-0.05, 0) is 59.5 Å². The Morgan fingerprint density at radius 1 is 1.12 bits per heavy atom. The number of oxazole rings is 1. The van der Waals surface area contributed by atoms with E-state index in [1.54, 1.807) is 0 Å². The van der Waals surface area contributed by atoms with Crippen molar-refractivity contribution in [2.45, 2.75) is 53.1 Å². The number of aliphatic imine (C=N–C) groups is 1. The maximum atomic E-state index is 12.0. The van der Waals surface area contributed by atoms with E-state index in [0.29, 0.717) is 12.5 Å². The molecule has 3 rings (SSSR count). The van der Waals surface area contributed by atoms with E-state index in [9.17, 15) is 4.79 Å². The molecule has 0 saturated carbocycles. The molecule has 0 atom stereocenters. The summed E-state index contributed by atoms with van der Waals surface area (Å²) in [7, 11) is 1.85. The largest absolute Gasteiger partial charge is 0.444 e. The Bertz CT molecular complexity index is 741. The highest BCUT2D eigenvalue weighted by Gasteiger charge is 2.24. The Labute approximate surface area is 192 Å². The number of rotatable bonds is 7. The van der Waals surface area contributed by atoms with Crippen LogP contribution in [0.2, 0.25) is 0 Å². The zero-order valence-corrected chi connectivity index (χ0v) is 20.5. The van der Waals surface area contributed by atoms with Gasteiger partial charge in [0.25, 0.3) is 0 Å². The van der Waals surface area contributed by atoms with Gasteiger partial charge in [-0.2, -0.15) is 0 Å². The van der Waals surface area contributed by atoms with Crippen LogP contribution in [0.15, 0.2) is 9.41 Å². The number of hydrogen-bond donors (Lipinski definition) is 2. The van der Waals surface area contributed by atoms with Crippen LogP contribution in [0.4, 0.5) is 0 Å². The summed E-state index contributed by atoms with van der Waals surface area (Å²) < 4.78 is 5.74. The van der Waals surface area contributed by atoms with Gasteiger partial charge in [0.05, 0.1) is 18.8 Å². The van der Waals surface area contributed by atoms with Crippen LogP contribution in [-0.2, 0) is 11.3 Å². The van der Waals surface area contributed by atoms with E-state index in [0.717, 1.165) is 75.7 Å². The molecule has 3 heterocycles. The lowest BCUT2D eigenvalue weighted by molar-refractivity contribution is -0.123. The van der Waals surface area contributed by atoms with Gasteiger partial charge in [0.2, 0.25) is 11.8 Å². The topological polar surface area (TPSA) is 89.2 Å². The molecule has 2 aliphatic heterocycles. The predicted octanol–water partition coefficient (Wildman–Crippen LogP) is 1.22. The van der Waals surface area contributed by atoms with E-state index in [2.05, 4.69) is 35.3 Å². The van der Waals surface area contributed by atoms with Crippen LogP contribution >= 0.6 is 0 Å². The van der Waals surface area contributed by atoms with Gasteiger partial charge < -0.3 is 20.0 Å². The van der Waals surface area contributed by atoms with Crippen molar-refractivity contribution in [3.8, 4) is 0 Å². The molecule has 1 aromatic heterocycles. The highest BCUT2D eigenvalue weighted by Crippen LogP contribution is 2.19. The number of amides is 1. The average molecular weight is 448 g/mol. The zero-order valence-electron chi connectivity index (χ0n) is 20.5. The minimum atomic E-state index is 0.107. The average Bonchev–Trinajstić information content (AvgIpc) is 3.07. The molecule has 32 heavy (non-hydrogen) atoms. The molecule has 9 heteroatoms. The molecule has 1 amide bonds. The smallest absolute Gasteiger partial charge is 0.234 e. The van der Waals surface area contributed by atoms with Gasteiger partial charge >= 0.3 is 0 Å². The Kier molecular flexibility index (Phi) is 8.92. The first-order valence-electron chi connectivity index (χ1n) is 12.0. The molecule has 1 aromatic rings. The molecule has 0 radical (unpaired) electrons. The summed E-state index contributed by atoms with van der Waals surface area (Å²) in [6.07, 6.45) is 2.34. The monoisotopic (exact) mass is 447 g/mol. The predicted molar refractivity (Wildman–Crippen MR) is 127 cm³/mol. The van der Waals surface area contributed by atoms with Gasteiger partial charge in [-0.15, -0.1) is 0 Å². The van der Waals surface area contributed by atoms with Crippen LogP contribution in [0.5, 0.6) is 0 Å². The number of nitrogens with zero attached hydrogens (tertiary/aromatic N) is 5. The zero-order chi connectivity index (χ0) is 23.1. The third kappa shape index (κ3) is 7.20. The molecule has 9 nitrogen and oxygen atoms in total. The van der Waals surface area contributed by atoms with Crippen LogP contribution < -0.4 is 10.6 Å². The molecule has 2 fully saturated rings. The van der Waals surface area contributed by atoms with E-state index in [-0.39, 0.29) is 11.9 Å². The fraction of sp³-hybridized carbons (Fsp3) is 0.783. The first kappa shape index (κ1) is 24.5. The first-order valence-corrected chi connectivity index (χ1v) is 12.0. The van der Waals surface area contributed by atoms with Crippen molar-refractivity contribution in [2.24, 2.45) is 10.9 Å². The van der Waals surface area contributed by atoms with Crippen molar-refractivity contribution in [2.75, 3.05) is 59.4 Å². The Morgan fingerprint density at radius 3 is 2.38 bits per heavy atom. The number of carbonyl (C=O) groups excluding carboxylic acids is 1. The number of likely N-dealkylation sites (tertiary alicyclic amines) is 1. The summed E-state index contributed by atoms with van der Waals surface area (Å²) >= 11 is 0. The highest BCUT2D eigenvalue weighted by atomic mass is 16.4. The van der Waals surface area contributed by atoms with Crippen molar-refractivity contribution in [1.29, 1.82) is 0 Å². The molecule has 0 aliphatic carbocycles. The van der Waals surface area contributed by atoms with Crippen LogP contribution in [0.3, 0.4) is 0 Å². The number of hydrogen-bond acceptors (Lipinski definition) is 6. The molecule has 180 valence electrons. The highest BCUT2D eigenvalue weighted by molar-refractivity contribution is 5.80. The molecule has 0 unspecified atom stereocenters. The van der Waals surface area contributed by atoms with Crippen molar-refractivity contribution in [1.82, 2.24) is 30.3 Å². The second-order valence-electron chi connectivity index (χ2n) is 9.38. The number of carbonyl (C=O) groups is 1. The quantitative estimate of drug-likeness (QED) is 0.480. The minimum Gasteiger partial charge on any atom is -0.444 e. The third-order valence-electron chi connectivity index (χ3n) is 6.39. The van der Waals surface area contributed by atoms with E-state index < -0.39 is 0 Å². The van der Waals surface area contributed by atoms with Crippen molar-refractivity contribution in [3.05, 3.63) is 17.3 Å². The van der Waals surface area contributed by atoms with Crippen molar-refractivity contribution >= 4 is 11.9 Å². The molecule has 2 N–H and O–H groups in total. The molecule has 0 aromatic carbocycles. The van der Waals surface area contributed by atoms with E-state index in [4.69, 9.17) is 4.42 Å². The lowest BCUT2D eigenvalue weighted by Gasteiger charge is -2.37. The first-order chi connectivity index (χ1) is 15.3. The lowest BCUT2D eigenvalue weighted by atomic mass is 9.97. The summed E-state index contributed by atoms with van der Waals surface area (Å²) in [6.45, 7) is 15.9. The number of aromatic nitrogens is 1. The van der Waals surface area contributed by atoms with Gasteiger partial charge in [-0.25, -0.2) is 4.98 Å². The molecule has 0 spiro atoms. The molecule has 2 saturated heterocycles. The van der Waals surface area contributed by atoms with Crippen LogP contribution in [-0.4, -0.2) is 97.0 Å². The normalized spacial score (nSPS) is 19.6. The van der Waals surface area contributed by atoms with Gasteiger partial charge in [0, 0.05) is 45.8 Å². The second kappa shape index (κ2) is 11.7. The summed E-state index contributed by atoms with van der Waals surface area (Å²) in [6, 6.07) is 0.189. The van der Waals surface area contributed by atoms with Gasteiger partial charge in [0.15, 0.2) is 5.96 Å². The van der Waals surface area contributed by atoms with Crippen molar-refractivity contribution in [3.63, 3.8) is 0 Å². The third-order valence-corrected chi connectivity index (χ3v) is 6.39. The Morgan fingerprint density at radius 2 is 1.81 bits per heavy atom. The molecule has 2 aliphatic rings. The van der Waals surface area contributed by atoms with E-state index in [1.165, 1.54) is 12.8 Å². The van der Waals surface area contributed by atoms with Gasteiger partial charge in [-0.1, -0.05) is 0 Å². The Hall–Kier alpha value is -2.13. The van der Waals surface area contributed by atoms with E-state index in [1.807, 2.05) is 34.7 Å². The van der Waals surface area contributed by atoms with Crippen molar-refractivity contribution < 1.29 is 9.21 Å². The Balaban J connectivity index is 1.35. The number of guanidine groups is 1. The maximum Gasteiger partial charge on any atom is 0.234 e. The minimum absolute atomic E-state index is 0.107. The summed E-state index contributed by atoms with van der Waals surface area (Å²) in [5.74, 6) is 3.49. The fourth-order valence-electron chi connectivity index (χ4n) is 4.40. The lowest BCUT2D eigenvalue weighted by Crippen LogP contribution is -2.54. The number of piperazine rings is 1. The van der Waals surface area contributed by atoms with E-state index >= 15 is 0 Å². The summed E-state index contributed by atoms with van der Waals surface area (Å²) in [4.78, 5) is 28.0. The number of aryl methyl sites for hydroxylation is 2. The summed E-state index contributed by atoms with van der Waals surface area (Å²) in [5, 5.41) is 6.56. The van der Waals surface area contributed by atoms with Crippen LogP contribution in [0.25, 0.3) is 0 Å². The van der Waals surface area contributed by atoms with Gasteiger partial charge in [0.1, 0.15) is 5.76 Å². The summed E-state index contributed by atoms with van der Waals surface area (Å²) in [5.41, 5.74) is 0.991. The number of piperidine rings is 1. The number of nitrogens with one attached hydrogen (secondary N) is 2. The fourth-order valence-corrected chi connectivity index (χ4v) is 4.40. The molecule has 0 bridgehead atoms. The maximum absolute atomic E-state index is 12.0.